The molecule has 1 N–H and O–H groups in total. The minimum Gasteiger partial charge on any atom is -0.382 e. The van der Waals surface area contributed by atoms with Crippen molar-refractivity contribution in [1.29, 1.82) is 0 Å². The molecule has 132 valence electrons. The van der Waals surface area contributed by atoms with Crippen molar-refractivity contribution >= 4 is 11.8 Å². The van der Waals surface area contributed by atoms with Gasteiger partial charge in [0, 0.05) is 31.8 Å². The summed E-state index contributed by atoms with van der Waals surface area (Å²) >= 11 is 0. The number of methoxy groups -OCH3 is 1. The lowest BCUT2D eigenvalue weighted by Gasteiger charge is -2.32. The normalized spacial score (nSPS) is 15.3. The average Bonchev–Trinajstić information content (AvgIpc) is 2.59. The molecule has 0 radical (unpaired) electrons. The highest BCUT2D eigenvalue weighted by molar-refractivity contribution is 5.95. The second-order valence-corrected chi connectivity index (χ2v) is 5.99. The van der Waals surface area contributed by atoms with Crippen molar-refractivity contribution in [2.75, 3.05) is 40.0 Å². The molecule has 1 aromatic carbocycles. The number of carbonyl (C=O) groups is 2. The van der Waals surface area contributed by atoms with Crippen LogP contribution in [0.5, 0.6) is 0 Å². The Bertz CT molecular complexity index is 554. The highest BCUT2D eigenvalue weighted by Gasteiger charge is 2.24. The van der Waals surface area contributed by atoms with Crippen LogP contribution in [0.4, 0.5) is 0 Å². The third-order valence-electron chi connectivity index (χ3n) is 4.23. The van der Waals surface area contributed by atoms with Crippen LogP contribution in [-0.2, 0) is 14.3 Å². The minimum atomic E-state index is -0.0409. The van der Waals surface area contributed by atoms with Gasteiger partial charge >= 0.3 is 0 Å². The zero-order valence-corrected chi connectivity index (χ0v) is 14.4. The van der Waals surface area contributed by atoms with Gasteiger partial charge in [-0.1, -0.05) is 18.2 Å². The van der Waals surface area contributed by atoms with Gasteiger partial charge in [0.25, 0.3) is 5.91 Å². The van der Waals surface area contributed by atoms with E-state index in [0.717, 1.165) is 18.4 Å². The van der Waals surface area contributed by atoms with Crippen LogP contribution in [0.1, 0.15) is 28.8 Å². The number of aryl methyl sites for hydroxylation is 1. The largest absolute Gasteiger partial charge is 0.382 e. The van der Waals surface area contributed by atoms with Gasteiger partial charge in [-0.05, 0) is 31.4 Å². The van der Waals surface area contributed by atoms with Crippen molar-refractivity contribution in [3.05, 3.63) is 35.4 Å². The fraction of sp³-hybridized carbons (Fsp3) is 0.556. The molecule has 1 saturated heterocycles. The number of ether oxygens (including phenoxy) is 2. The van der Waals surface area contributed by atoms with Crippen molar-refractivity contribution in [3.63, 3.8) is 0 Å². The Morgan fingerprint density at radius 3 is 2.58 bits per heavy atom. The Morgan fingerprint density at radius 1 is 1.21 bits per heavy atom. The molecule has 1 fully saturated rings. The molecule has 0 aromatic heterocycles. The van der Waals surface area contributed by atoms with Crippen LogP contribution in [0, 0.1) is 6.92 Å². The lowest BCUT2D eigenvalue weighted by molar-refractivity contribution is -0.137. The molecule has 0 saturated carbocycles. The first-order chi connectivity index (χ1) is 11.6. The quantitative estimate of drug-likeness (QED) is 0.765. The summed E-state index contributed by atoms with van der Waals surface area (Å²) in [6.07, 6.45) is 1.53. The van der Waals surface area contributed by atoms with E-state index in [1.54, 1.807) is 12.0 Å². The monoisotopic (exact) mass is 334 g/mol. The molecule has 6 heteroatoms. The van der Waals surface area contributed by atoms with Crippen LogP contribution < -0.4 is 5.32 Å². The number of hydrogen-bond acceptors (Lipinski definition) is 4. The predicted octanol–water partition coefficient (Wildman–Crippen LogP) is 1.38. The first kappa shape index (κ1) is 18.4. The van der Waals surface area contributed by atoms with Gasteiger partial charge in [0.15, 0.2) is 0 Å². The summed E-state index contributed by atoms with van der Waals surface area (Å²) in [5.41, 5.74) is 1.68. The molecule has 1 aromatic rings. The molecule has 2 rings (SSSR count). The Hall–Kier alpha value is -1.92. The standard InChI is InChI=1S/C18H26N2O4/c1-14-5-3-4-6-16(14)18(22)19-15-7-9-20(10-8-15)17(21)13-24-12-11-23-2/h3-6,15H,7-13H2,1-2H3,(H,19,22). The Balaban J connectivity index is 1.73. The number of likely N-dealkylation sites (tertiary alicyclic amines) is 1. The Morgan fingerprint density at radius 2 is 1.92 bits per heavy atom. The van der Waals surface area contributed by atoms with Crippen molar-refractivity contribution in [2.45, 2.75) is 25.8 Å². The molecular formula is C18H26N2O4. The summed E-state index contributed by atoms with van der Waals surface area (Å²) in [5, 5.41) is 3.07. The molecule has 2 amide bonds. The maximum Gasteiger partial charge on any atom is 0.251 e. The average molecular weight is 334 g/mol. The van der Waals surface area contributed by atoms with E-state index in [9.17, 15) is 9.59 Å². The second kappa shape index (κ2) is 9.39. The molecular weight excluding hydrogens is 308 g/mol. The van der Waals surface area contributed by atoms with Crippen molar-refractivity contribution in [2.24, 2.45) is 0 Å². The number of piperidine rings is 1. The number of nitrogens with one attached hydrogen (secondary N) is 1. The number of nitrogens with zero attached hydrogens (tertiary/aromatic N) is 1. The number of hydrogen-bond donors (Lipinski definition) is 1. The Kier molecular flexibility index (Phi) is 7.21. The first-order valence-electron chi connectivity index (χ1n) is 8.32. The van der Waals surface area contributed by atoms with Crippen LogP contribution in [0.3, 0.4) is 0 Å². The van der Waals surface area contributed by atoms with E-state index in [1.165, 1.54) is 0 Å². The molecule has 0 aliphatic carbocycles. The van der Waals surface area contributed by atoms with E-state index in [4.69, 9.17) is 9.47 Å². The second-order valence-electron chi connectivity index (χ2n) is 5.99. The van der Waals surface area contributed by atoms with Crippen LogP contribution in [0.2, 0.25) is 0 Å². The highest BCUT2D eigenvalue weighted by atomic mass is 16.5. The van der Waals surface area contributed by atoms with Crippen molar-refractivity contribution in [1.82, 2.24) is 10.2 Å². The van der Waals surface area contributed by atoms with Gasteiger partial charge in [0.05, 0.1) is 13.2 Å². The van der Waals surface area contributed by atoms with Crippen molar-refractivity contribution < 1.29 is 19.1 Å². The first-order valence-corrected chi connectivity index (χ1v) is 8.32. The van der Waals surface area contributed by atoms with E-state index in [-0.39, 0.29) is 24.5 Å². The van der Waals surface area contributed by atoms with Crippen LogP contribution >= 0.6 is 0 Å². The molecule has 0 bridgehead atoms. The molecule has 0 unspecified atom stereocenters. The van der Waals surface area contributed by atoms with E-state index in [1.807, 2.05) is 31.2 Å². The van der Waals surface area contributed by atoms with Gasteiger partial charge in [-0.15, -0.1) is 0 Å². The fourth-order valence-electron chi connectivity index (χ4n) is 2.76. The fourth-order valence-corrected chi connectivity index (χ4v) is 2.76. The van der Waals surface area contributed by atoms with Crippen LogP contribution in [0.25, 0.3) is 0 Å². The molecule has 1 aliphatic rings. The number of rotatable bonds is 7. The zero-order valence-electron chi connectivity index (χ0n) is 14.4. The summed E-state index contributed by atoms with van der Waals surface area (Å²) in [4.78, 5) is 26.2. The number of amides is 2. The number of benzene rings is 1. The molecule has 0 atom stereocenters. The van der Waals surface area contributed by atoms with Gasteiger partial charge in [0.1, 0.15) is 6.61 Å². The Labute approximate surface area is 143 Å². The van der Waals surface area contributed by atoms with Crippen molar-refractivity contribution in [3.8, 4) is 0 Å². The SMILES string of the molecule is COCCOCC(=O)N1CCC(NC(=O)c2ccccc2C)CC1. The van der Waals surface area contributed by atoms with E-state index >= 15 is 0 Å². The topological polar surface area (TPSA) is 67.9 Å². The van der Waals surface area contributed by atoms with Gasteiger partial charge in [-0.2, -0.15) is 0 Å². The highest BCUT2D eigenvalue weighted by Crippen LogP contribution is 2.13. The summed E-state index contributed by atoms with van der Waals surface area (Å²) in [6.45, 7) is 4.21. The molecule has 0 spiro atoms. The molecule has 6 nitrogen and oxygen atoms in total. The number of carbonyl (C=O) groups excluding carboxylic acids is 2. The van der Waals surface area contributed by atoms with Crippen LogP contribution in [0.15, 0.2) is 24.3 Å². The lowest BCUT2D eigenvalue weighted by atomic mass is 10.0. The molecule has 1 aliphatic heterocycles. The summed E-state index contributed by atoms with van der Waals surface area (Å²) in [6, 6.07) is 7.66. The van der Waals surface area contributed by atoms with Gasteiger partial charge in [0.2, 0.25) is 5.91 Å². The molecule has 1 heterocycles. The van der Waals surface area contributed by atoms with E-state index in [2.05, 4.69) is 5.32 Å². The predicted molar refractivity (Wildman–Crippen MR) is 90.9 cm³/mol. The zero-order chi connectivity index (χ0) is 17.4. The van der Waals surface area contributed by atoms with Gasteiger partial charge in [-0.3, -0.25) is 9.59 Å². The third-order valence-corrected chi connectivity index (χ3v) is 4.23. The third kappa shape index (κ3) is 5.32. The van der Waals surface area contributed by atoms with E-state index in [0.29, 0.717) is 31.9 Å². The van der Waals surface area contributed by atoms with Gasteiger partial charge < -0.3 is 19.7 Å². The maximum atomic E-state index is 12.3. The van der Waals surface area contributed by atoms with Gasteiger partial charge in [-0.25, -0.2) is 0 Å². The lowest BCUT2D eigenvalue weighted by Crippen LogP contribution is -2.47. The maximum absolute atomic E-state index is 12.3. The van der Waals surface area contributed by atoms with Crippen LogP contribution in [-0.4, -0.2) is 62.8 Å². The minimum absolute atomic E-state index is 0.00483. The summed E-state index contributed by atoms with van der Waals surface area (Å²) in [5.74, 6) is -0.0458. The molecule has 24 heavy (non-hydrogen) atoms. The summed E-state index contributed by atoms with van der Waals surface area (Å²) < 4.78 is 10.1. The smallest absolute Gasteiger partial charge is 0.251 e. The van der Waals surface area contributed by atoms with E-state index < -0.39 is 0 Å². The summed E-state index contributed by atoms with van der Waals surface area (Å²) in [7, 11) is 1.60.